The van der Waals surface area contributed by atoms with E-state index >= 15 is 0 Å². The summed E-state index contributed by atoms with van der Waals surface area (Å²) in [6, 6.07) is 12.8. The van der Waals surface area contributed by atoms with E-state index in [0.717, 1.165) is 16.4 Å². The quantitative estimate of drug-likeness (QED) is 0.430. The minimum absolute atomic E-state index is 0.0162. The van der Waals surface area contributed by atoms with Crippen molar-refractivity contribution in [2.75, 3.05) is 26.7 Å². The molecule has 0 radical (unpaired) electrons. The number of nitriles is 1. The summed E-state index contributed by atoms with van der Waals surface area (Å²) in [7, 11) is -2.60. The summed E-state index contributed by atoms with van der Waals surface area (Å²) >= 11 is 0. The monoisotopic (exact) mass is 602 g/mol. The lowest BCUT2D eigenvalue weighted by molar-refractivity contribution is -0.137. The van der Waals surface area contributed by atoms with E-state index in [4.69, 9.17) is 10.00 Å². The standard InChI is InChI=1S/C29H29F3N4O5S/c1-18-15-36(19(2)17-37)28(38)25-12-22(21-5-4-6-23(11-21)29(30,31)32)14-34-27(25)41-26(18)16-35(3)42(39,40)24-9-7-20(13-33)8-10-24/h4-12,14,18-19,26,37H,15-17H2,1-3H3/t18-,19+,26-/m0/s1. The van der Waals surface area contributed by atoms with Crippen LogP contribution in [0.25, 0.3) is 11.1 Å². The Morgan fingerprint density at radius 3 is 2.50 bits per heavy atom. The first kappa shape index (κ1) is 31.0. The van der Waals surface area contributed by atoms with E-state index in [-0.39, 0.29) is 47.2 Å². The highest BCUT2D eigenvalue weighted by Crippen LogP contribution is 2.34. The molecule has 0 fully saturated rings. The van der Waals surface area contributed by atoms with E-state index in [1.165, 1.54) is 60.6 Å². The van der Waals surface area contributed by atoms with Crippen LogP contribution >= 0.6 is 0 Å². The Hall–Kier alpha value is -3.99. The number of halogens is 3. The van der Waals surface area contributed by atoms with Crippen LogP contribution in [0.1, 0.15) is 35.3 Å². The van der Waals surface area contributed by atoms with E-state index in [1.807, 2.05) is 6.07 Å². The van der Waals surface area contributed by atoms with Gasteiger partial charge in [-0.1, -0.05) is 19.1 Å². The maximum Gasteiger partial charge on any atom is 0.416 e. The largest absolute Gasteiger partial charge is 0.472 e. The summed E-state index contributed by atoms with van der Waals surface area (Å²) in [5.74, 6) is -1.05. The van der Waals surface area contributed by atoms with Crippen molar-refractivity contribution in [1.82, 2.24) is 14.2 Å². The summed E-state index contributed by atoms with van der Waals surface area (Å²) in [5.41, 5.74) is -0.137. The normalized spacial score (nSPS) is 18.5. The van der Waals surface area contributed by atoms with Crippen molar-refractivity contribution >= 4 is 15.9 Å². The third-order valence-electron chi connectivity index (χ3n) is 7.17. The number of aliphatic hydroxyl groups is 1. The molecule has 0 unspecified atom stereocenters. The minimum Gasteiger partial charge on any atom is -0.472 e. The van der Waals surface area contributed by atoms with Gasteiger partial charge in [0.15, 0.2) is 0 Å². The van der Waals surface area contributed by atoms with E-state index in [0.29, 0.717) is 5.56 Å². The van der Waals surface area contributed by atoms with Gasteiger partial charge in [-0.05, 0) is 55.0 Å². The number of aliphatic hydroxyl groups excluding tert-OH is 1. The van der Waals surface area contributed by atoms with Crippen LogP contribution in [-0.4, -0.2) is 72.5 Å². The van der Waals surface area contributed by atoms with Crippen LogP contribution in [-0.2, 0) is 16.2 Å². The molecule has 0 saturated carbocycles. The number of amides is 1. The average Bonchev–Trinajstić information content (AvgIpc) is 2.97. The number of hydrogen-bond acceptors (Lipinski definition) is 7. The van der Waals surface area contributed by atoms with E-state index in [1.54, 1.807) is 13.8 Å². The van der Waals surface area contributed by atoms with Gasteiger partial charge in [0, 0.05) is 31.3 Å². The van der Waals surface area contributed by atoms with Gasteiger partial charge in [-0.25, -0.2) is 13.4 Å². The first-order chi connectivity index (χ1) is 19.8. The molecule has 42 heavy (non-hydrogen) atoms. The molecule has 3 aromatic rings. The molecule has 3 atom stereocenters. The number of carbonyl (C=O) groups is 1. The van der Waals surface area contributed by atoms with Crippen LogP contribution in [0.3, 0.4) is 0 Å². The molecule has 222 valence electrons. The summed E-state index contributed by atoms with van der Waals surface area (Å²) < 4.78 is 73.8. The summed E-state index contributed by atoms with van der Waals surface area (Å²) in [6.45, 7) is 3.04. The number of rotatable bonds is 7. The molecule has 2 aromatic carbocycles. The Morgan fingerprint density at radius 1 is 1.19 bits per heavy atom. The van der Waals surface area contributed by atoms with Crippen molar-refractivity contribution in [2.24, 2.45) is 5.92 Å². The number of alkyl halides is 3. The Labute approximate surface area is 241 Å². The van der Waals surface area contributed by atoms with Crippen LogP contribution in [0, 0.1) is 17.2 Å². The van der Waals surface area contributed by atoms with Crippen LogP contribution in [0.5, 0.6) is 5.88 Å². The third-order valence-corrected chi connectivity index (χ3v) is 9.01. The maximum absolute atomic E-state index is 13.7. The molecule has 0 bridgehead atoms. The molecular formula is C29H29F3N4O5S. The number of fused-ring (bicyclic) bond motifs is 1. The highest BCUT2D eigenvalue weighted by Gasteiger charge is 2.36. The average molecular weight is 603 g/mol. The van der Waals surface area contributed by atoms with Crippen molar-refractivity contribution < 1.29 is 36.2 Å². The Balaban J connectivity index is 1.72. The predicted octanol–water partition coefficient (Wildman–Crippen LogP) is 4.18. The van der Waals surface area contributed by atoms with Gasteiger partial charge >= 0.3 is 6.18 Å². The van der Waals surface area contributed by atoms with Crippen molar-refractivity contribution in [3.05, 3.63) is 77.5 Å². The van der Waals surface area contributed by atoms with E-state index < -0.39 is 45.7 Å². The molecule has 1 aliphatic heterocycles. The zero-order valence-electron chi connectivity index (χ0n) is 23.0. The highest BCUT2D eigenvalue weighted by atomic mass is 32.2. The number of ether oxygens (including phenoxy) is 1. The maximum atomic E-state index is 13.7. The van der Waals surface area contributed by atoms with Gasteiger partial charge in [-0.3, -0.25) is 4.79 Å². The number of likely N-dealkylation sites (N-methyl/N-ethyl adjacent to an activating group) is 1. The lowest BCUT2D eigenvalue weighted by Crippen LogP contribution is -2.50. The molecule has 9 nitrogen and oxygen atoms in total. The van der Waals surface area contributed by atoms with Gasteiger partial charge in [-0.15, -0.1) is 0 Å². The summed E-state index contributed by atoms with van der Waals surface area (Å²) in [4.78, 5) is 19.3. The lowest BCUT2D eigenvalue weighted by Gasteiger charge is -2.37. The Morgan fingerprint density at radius 2 is 1.88 bits per heavy atom. The molecule has 0 spiro atoms. The molecule has 1 amide bonds. The van der Waals surface area contributed by atoms with Crippen molar-refractivity contribution in [3.63, 3.8) is 0 Å². The molecule has 1 aliphatic rings. The lowest BCUT2D eigenvalue weighted by atomic mass is 9.99. The number of pyridine rings is 1. The zero-order chi connectivity index (χ0) is 30.8. The molecule has 2 heterocycles. The van der Waals surface area contributed by atoms with Crippen molar-refractivity contribution in [2.45, 2.75) is 37.1 Å². The topological polar surface area (TPSA) is 124 Å². The molecule has 4 rings (SSSR count). The van der Waals surface area contributed by atoms with Crippen LogP contribution in [0.15, 0.2) is 65.7 Å². The second-order valence-corrected chi connectivity index (χ2v) is 12.2. The zero-order valence-corrected chi connectivity index (χ0v) is 23.9. The molecule has 1 aromatic heterocycles. The van der Waals surface area contributed by atoms with E-state index in [2.05, 4.69) is 4.98 Å². The molecule has 0 aliphatic carbocycles. The van der Waals surface area contributed by atoms with Gasteiger partial charge in [0.25, 0.3) is 5.91 Å². The van der Waals surface area contributed by atoms with Gasteiger partial charge < -0.3 is 14.7 Å². The smallest absolute Gasteiger partial charge is 0.416 e. The predicted molar refractivity (Wildman–Crippen MR) is 147 cm³/mol. The summed E-state index contributed by atoms with van der Waals surface area (Å²) in [6.07, 6.45) is -4.07. The van der Waals surface area contributed by atoms with Gasteiger partial charge in [-0.2, -0.15) is 22.7 Å². The SMILES string of the molecule is C[C@H](CO)N1C[C@H](C)[C@H](CN(C)S(=O)(=O)c2ccc(C#N)cc2)Oc2ncc(-c3cccc(C(F)(F)F)c3)cc2C1=O. The fraction of sp³-hybridized carbons (Fsp3) is 0.345. The van der Waals surface area contributed by atoms with E-state index in [9.17, 15) is 31.5 Å². The van der Waals surface area contributed by atoms with Gasteiger partial charge in [0.1, 0.15) is 11.7 Å². The Bertz CT molecular complexity index is 1610. The van der Waals surface area contributed by atoms with Crippen LogP contribution in [0.2, 0.25) is 0 Å². The first-order valence-electron chi connectivity index (χ1n) is 13.0. The van der Waals surface area contributed by atoms with Gasteiger partial charge in [0.05, 0.1) is 41.3 Å². The fourth-order valence-electron chi connectivity index (χ4n) is 4.59. The summed E-state index contributed by atoms with van der Waals surface area (Å²) in [5, 5.41) is 18.9. The highest BCUT2D eigenvalue weighted by molar-refractivity contribution is 7.89. The second kappa shape index (κ2) is 12.1. The molecule has 13 heteroatoms. The molecular weight excluding hydrogens is 573 g/mol. The van der Waals surface area contributed by atoms with Gasteiger partial charge in [0.2, 0.25) is 15.9 Å². The number of nitrogens with zero attached hydrogens (tertiary/aromatic N) is 4. The number of sulfonamides is 1. The van der Waals surface area contributed by atoms with Crippen molar-refractivity contribution in [3.8, 4) is 23.1 Å². The number of hydrogen-bond donors (Lipinski definition) is 1. The number of benzene rings is 2. The third kappa shape index (κ3) is 6.41. The van der Waals surface area contributed by atoms with Crippen LogP contribution < -0.4 is 4.74 Å². The minimum atomic E-state index is -4.56. The second-order valence-electron chi connectivity index (χ2n) is 10.2. The molecule has 1 N–H and O–H groups in total. The molecule has 0 saturated heterocycles. The van der Waals surface area contributed by atoms with Crippen molar-refractivity contribution in [1.29, 1.82) is 5.26 Å². The number of carbonyl (C=O) groups excluding carboxylic acids is 1. The van der Waals surface area contributed by atoms with Crippen LogP contribution in [0.4, 0.5) is 13.2 Å². The Kier molecular flexibility index (Phi) is 8.91. The number of aromatic nitrogens is 1. The first-order valence-corrected chi connectivity index (χ1v) is 14.4. The fourth-order valence-corrected chi connectivity index (χ4v) is 5.77.